The van der Waals surface area contributed by atoms with Gasteiger partial charge in [-0.1, -0.05) is 0 Å². The zero-order chi connectivity index (χ0) is 16.6. The van der Waals surface area contributed by atoms with Gasteiger partial charge >= 0.3 is 17.2 Å². The number of amides is 1. The Bertz CT molecular complexity index is 422. The summed E-state index contributed by atoms with van der Waals surface area (Å²) in [5, 5.41) is 1.67. The van der Waals surface area contributed by atoms with Crippen LogP contribution in [-0.2, 0) is 28.6 Å². The molecule has 8 nitrogen and oxygen atoms in total. The summed E-state index contributed by atoms with van der Waals surface area (Å²) in [6, 6.07) is -1.04. The molecule has 0 aromatic rings. The summed E-state index contributed by atoms with van der Waals surface area (Å²) in [7, 11) is 1.18. The van der Waals surface area contributed by atoms with Gasteiger partial charge in [0.05, 0.1) is 11.9 Å². The van der Waals surface area contributed by atoms with Gasteiger partial charge in [0.15, 0.2) is 0 Å². The van der Waals surface area contributed by atoms with Gasteiger partial charge in [-0.15, -0.1) is 0 Å². The molecular formula is C12H19NO7S. The Balaban J connectivity index is 4.72. The first-order valence-electron chi connectivity index (χ1n) is 5.94. The molecule has 9 heteroatoms. The van der Waals surface area contributed by atoms with Gasteiger partial charge in [0, 0.05) is 13.8 Å². The second-order valence-corrected chi connectivity index (χ2v) is 6.10. The lowest BCUT2D eigenvalue weighted by atomic mass is 10.0. The first-order chi connectivity index (χ1) is 9.60. The molecule has 0 rings (SSSR count). The highest BCUT2D eigenvalue weighted by atomic mass is 32.2. The number of ether oxygens (including phenoxy) is 3. The quantitative estimate of drug-likeness (QED) is 0.566. The summed E-state index contributed by atoms with van der Waals surface area (Å²) in [6.07, 6.45) is 0. The molecule has 0 fully saturated rings. The zero-order valence-corrected chi connectivity index (χ0v) is 13.4. The van der Waals surface area contributed by atoms with Crippen LogP contribution in [0.15, 0.2) is 0 Å². The van der Waals surface area contributed by atoms with E-state index in [-0.39, 0.29) is 0 Å². The highest BCUT2D eigenvalue weighted by molar-refractivity contribution is 8.14. The van der Waals surface area contributed by atoms with Crippen molar-refractivity contribution < 1.29 is 33.4 Å². The summed E-state index contributed by atoms with van der Waals surface area (Å²) >= 11 is 0.679. The first-order valence-corrected chi connectivity index (χ1v) is 6.76. The van der Waals surface area contributed by atoms with Crippen LogP contribution in [0.3, 0.4) is 0 Å². The van der Waals surface area contributed by atoms with Crippen molar-refractivity contribution in [1.29, 1.82) is 0 Å². The summed E-state index contributed by atoms with van der Waals surface area (Å²) in [5.74, 6) is -1.71. The SMILES string of the molecule is COC(=O)[C@H](NC(C)=O)C(C)(C)SC(=O)OCOC(C)=O. The predicted molar refractivity (Wildman–Crippen MR) is 74.4 cm³/mol. The van der Waals surface area contributed by atoms with Crippen molar-refractivity contribution in [3.05, 3.63) is 0 Å². The van der Waals surface area contributed by atoms with Crippen LogP contribution in [-0.4, -0.2) is 47.8 Å². The number of thioether (sulfide) groups is 1. The number of methoxy groups -OCH3 is 1. The number of nitrogens with one attached hydrogen (secondary N) is 1. The fraction of sp³-hybridized carbons (Fsp3) is 0.667. The van der Waals surface area contributed by atoms with Crippen molar-refractivity contribution in [3.63, 3.8) is 0 Å². The molecule has 0 aromatic carbocycles. The minimum atomic E-state index is -1.04. The summed E-state index contributed by atoms with van der Waals surface area (Å²) < 4.78 is 12.7. The molecular weight excluding hydrogens is 302 g/mol. The first kappa shape index (κ1) is 19.2. The van der Waals surface area contributed by atoms with Crippen molar-refractivity contribution in [2.24, 2.45) is 0 Å². The Hall–Kier alpha value is -1.77. The third-order valence-corrected chi connectivity index (χ3v) is 3.31. The monoisotopic (exact) mass is 321 g/mol. The van der Waals surface area contributed by atoms with Crippen LogP contribution >= 0.6 is 11.8 Å². The fourth-order valence-corrected chi connectivity index (χ4v) is 2.11. The van der Waals surface area contributed by atoms with E-state index in [0.717, 1.165) is 0 Å². The highest BCUT2D eigenvalue weighted by Crippen LogP contribution is 2.30. The second-order valence-electron chi connectivity index (χ2n) is 4.51. The Kier molecular flexibility index (Phi) is 7.79. The lowest BCUT2D eigenvalue weighted by Gasteiger charge is -2.30. The van der Waals surface area contributed by atoms with Crippen LogP contribution in [0, 0.1) is 0 Å². The molecule has 0 radical (unpaired) electrons. The van der Waals surface area contributed by atoms with Gasteiger partial charge in [-0.05, 0) is 25.6 Å². The summed E-state index contributed by atoms with van der Waals surface area (Å²) in [4.78, 5) is 45.0. The second kappa shape index (κ2) is 8.50. The maximum Gasteiger partial charge on any atom is 0.370 e. The number of carbonyl (C=O) groups excluding carboxylic acids is 4. The molecule has 0 saturated heterocycles. The summed E-state index contributed by atoms with van der Waals surface area (Å²) in [6.45, 7) is 5.05. The van der Waals surface area contributed by atoms with Gasteiger partial charge in [0.25, 0.3) is 0 Å². The van der Waals surface area contributed by atoms with Gasteiger partial charge in [0.1, 0.15) is 6.04 Å². The fourth-order valence-electron chi connectivity index (χ4n) is 1.30. The number of hydrogen-bond acceptors (Lipinski definition) is 8. The van der Waals surface area contributed by atoms with E-state index < -0.39 is 40.7 Å². The van der Waals surface area contributed by atoms with Crippen molar-refractivity contribution in [1.82, 2.24) is 5.32 Å². The zero-order valence-electron chi connectivity index (χ0n) is 12.6. The van der Waals surface area contributed by atoms with E-state index in [1.165, 1.54) is 21.0 Å². The third kappa shape index (κ3) is 7.54. The minimum absolute atomic E-state index is 0.438. The number of rotatable bonds is 6. The standard InChI is InChI=1S/C12H19NO7S/c1-7(14)13-9(10(16)18-5)12(3,4)21-11(17)20-6-19-8(2)15/h9H,6H2,1-5H3,(H,13,14)/t9-/m0/s1. The van der Waals surface area contributed by atoms with Crippen molar-refractivity contribution in [3.8, 4) is 0 Å². The number of hydrogen-bond donors (Lipinski definition) is 1. The molecule has 0 aliphatic rings. The van der Waals surface area contributed by atoms with E-state index in [4.69, 9.17) is 0 Å². The molecule has 0 unspecified atom stereocenters. The largest absolute Gasteiger partial charge is 0.467 e. The minimum Gasteiger partial charge on any atom is -0.467 e. The van der Waals surface area contributed by atoms with E-state index in [9.17, 15) is 19.2 Å². The van der Waals surface area contributed by atoms with Crippen LogP contribution in [0.5, 0.6) is 0 Å². The average molecular weight is 321 g/mol. The van der Waals surface area contributed by atoms with Crippen molar-refractivity contribution in [2.75, 3.05) is 13.9 Å². The van der Waals surface area contributed by atoms with E-state index >= 15 is 0 Å². The van der Waals surface area contributed by atoms with E-state index in [2.05, 4.69) is 19.5 Å². The van der Waals surface area contributed by atoms with E-state index in [1.807, 2.05) is 0 Å². The van der Waals surface area contributed by atoms with Crippen LogP contribution in [0.25, 0.3) is 0 Å². The van der Waals surface area contributed by atoms with Gasteiger partial charge in [-0.3, -0.25) is 9.59 Å². The van der Waals surface area contributed by atoms with Crippen LogP contribution in [0.4, 0.5) is 4.79 Å². The summed E-state index contributed by atoms with van der Waals surface area (Å²) in [5.41, 5.74) is 0. The van der Waals surface area contributed by atoms with E-state index in [0.29, 0.717) is 11.8 Å². The Morgan fingerprint density at radius 3 is 2.14 bits per heavy atom. The lowest BCUT2D eigenvalue weighted by Crippen LogP contribution is -2.52. The number of carbonyl (C=O) groups is 4. The van der Waals surface area contributed by atoms with Gasteiger partial charge in [-0.25, -0.2) is 9.59 Å². The van der Waals surface area contributed by atoms with Crippen LogP contribution < -0.4 is 5.32 Å². The Labute approximate surface area is 126 Å². The van der Waals surface area contributed by atoms with Gasteiger partial charge in [0.2, 0.25) is 12.7 Å². The lowest BCUT2D eigenvalue weighted by molar-refractivity contribution is -0.148. The third-order valence-electron chi connectivity index (χ3n) is 2.27. The Morgan fingerprint density at radius 1 is 1.14 bits per heavy atom. The molecule has 0 spiro atoms. The predicted octanol–water partition coefficient (Wildman–Crippen LogP) is 0.833. The van der Waals surface area contributed by atoms with Crippen LogP contribution in [0.2, 0.25) is 0 Å². The van der Waals surface area contributed by atoms with Crippen LogP contribution in [0.1, 0.15) is 27.7 Å². The normalized spacial score (nSPS) is 12.0. The molecule has 0 aliphatic heterocycles. The smallest absolute Gasteiger partial charge is 0.370 e. The maximum atomic E-state index is 11.7. The molecule has 21 heavy (non-hydrogen) atoms. The van der Waals surface area contributed by atoms with E-state index in [1.54, 1.807) is 13.8 Å². The molecule has 0 aromatic heterocycles. The molecule has 0 aliphatic carbocycles. The molecule has 1 amide bonds. The topological polar surface area (TPSA) is 108 Å². The Morgan fingerprint density at radius 2 is 1.71 bits per heavy atom. The van der Waals surface area contributed by atoms with Crippen molar-refractivity contribution >= 4 is 34.9 Å². The molecule has 120 valence electrons. The van der Waals surface area contributed by atoms with Crippen molar-refractivity contribution in [2.45, 2.75) is 38.5 Å². The molecule has 1 atom stereocenters. The van der Waals surface area contributed by atoms with Gasteiger partial charge < -0.3 is 19.5 Å². The molecule has 0 saturated carbocycles. The molecule has 0 heterocycles. The molecule has 0 bridgehead atoms. The molecule has 1 N–H and O–H groups in total. The number of esters is 2. The van der Waals surface area contributed by atoms with Gasteiger partial charge in [-0.2, -0.15) is 0 Å². The maximum absolute atomic E-state index is 11.7. The highest BCUT2D eigenvalue weighted by Gasteiger charge is 2.40. The average Bonchev–Trinajstić information content (AvgIpc) is 2.33.